The van der Waals surface area contributed by atoms with E-state index in [1.54, 1.807) is 14.2 Å². The average Bonchev–Trinajstić information content (AvgIpc) is 3.00. The molecule has 1 heterocycles. The number of hydrogen-bond acceptors (Lipinski definition) is 3. The van der Waals surface area contributed by atoms with E-state index in [0.717, 1.165) is 18.5 Å². The van der Waals surface area contributed by atoms with Gasteiger partial charge in [-0.2, -0.15) is 0 Å². The van der Waals surface area contributed by atoms with Gasteiger partial charge >= 0.3 is 0 Å². The first-order valence-electron chi connectivity index (χ1n) is 7.91. The fourth-order valence-corrected chi connectivity index (χ4v) is 3.05. The van der Waals surface area contributed by atoms with Crippen LogP contribution in [0.2, 0.25) is 0 Å². The molecular formula is C19H25NO2. The third-order valence-corrected chi connectivity index (χ3v) is 4.06. The van der Waals surface area contributed by atoms with Gasteiger partial charge in [0.15, 0.2) is 0 Å². The summed E-state index contributed by atoms with van der Waals surface area (Å²) in [6, 6.07) is 10.5. The number of pyridine rings is 1. The van der Waals surface area contributed by atoms with Crippen molar-refractivity contribution in [1.29, 1.82) is 0 Å². The molecule has 1 aliphatic carbocycles. The highest BCUT2D eigenvalue weighted by Crippen LogP contribution is 2.39. The summed E-state index contributed by atoms with van der Waals surface area (Å²) in [5, 5.41) is 0. The van der Waals surface area contributed by atoms with E-state index >= 15 is 0 Å². The van der Waals surface area contributed by atoms with Gasteiger partial charge in [0.2, 0.25) is 5.88 Å². The number of fused-ring (bicyclic) bond motifs is 1. The molecule has 0 bridgehead atoms. The lowest BCUT2D eigenvalue weighted by molar-refractivity contribution is 0.105. The fourth-order valence-electron chi connectivity index (χ4n) is 3.05. The first-order chi connectivity index (χ1) is 10.7. The number of ether oxygens (including phenoxy) is 2. The van der Waals surface area contributed by atoms with Crippen LogP contribution in [0.4, 0.5) is 0 Å². The van der Waals surface area contributed by atoms with E-state index in [2.05, 4.69) is 29.2 Å². The van der Waals surface area contributed by atoms with E-state index in [0.29, 0.717) is 5.88 Å². The highest BCUT2D eigenvalue weighted by molar-refractivity contribution is 5.72. The van der Waals surface area contributed by atoms with Crippen LogP contribution in [0.15, 0.2) is 30.3 Å². The molecule has 3 nitrogen and oxygen atoms in total. The summed E-state index contributed by atoms with van der Waals surface area (Å²) in [4.78, 5) is 4.48. The van der Waals surface area contributed by atoms with Crippen LogP contribution in [0.25, 0.3) is 11.1 Å². The Morgan fingerprint density at radius 1 is 1.05 bits per heavy atom. The zero-order valence-corrected chi connectivity index (χ0v) is 14.1. The van der Waals surface area contributed by atoms with Crippen LogP contribution in [-0.4, -0.2) is 19.2 Å². The summed E-state index contributed by atoms with van der Waals surface area (Å²) in [6.07, 6.45) is 2.36. The van der Waals surface area contributed by atoms with Gasteiger partial charge in [0.25, 0.3) is 0 Å². The number of aryl methyl sites for hydroxylation is 1. The molecule has 3 rings (SSSR count). The lowest BCUT2D eigenvalue weighted by atomic mass is 9.96. The number of benzene rings is 1. The van der Waals surface area contributed by atoms with Gasteiger partial charge in [0.1, 0.15) is 0 Å². The molecule has 0 fully saturated rings. The number of rotatable bonds is 3. The molecule has 118 valence electrons. The minimum Gasteiger partial charge on any atom is -0.481 e. The van der Waals surface area contributed by atoms with Crippen molar-refractivity contribution in [2.45, 2.75) is 39.7 Å². The molecule has 0 N–H and O–H groups in total. The first-order valence-corrected chi connectivity index (χ1v) is 7.91. The molecule has 22 heavy (non-hydrogen) atoms. The summed E-state index contributed by atoms with van der Waals surface area (Å²) in [5.41, 5.74) is 6.17. The summed E-state index contributed by atoms with van der Waals surface area (Å²) >= 11 is 0. The molecule has 1 aromatic heterocycles. The minimum absolute atomic E-state index is 0.233. The van der Waals surface area contributed by atoms with Gasteiger partial charge in [-0.3, -0.25) is 0 Å². The smallest absolute Gasteiger partial charge is 0.213 e. The number of hydrogen-bond donors (Lipinski definition) is 0. The third-order valence-electron chi connectivity index (χ3n) is 4.06. The molecule has 0 radical (unpaired) electrons. The molecule has 0 spiro atoms. The molecule has 1 aromatic carbocycles. The molecule has 0 saturated carbocycles. The first kappa shape index (κ1) is 16.5. The third kappa shape index (κ3) is 3.00. The predicted molar refractivity (Wildman–Crippen MR) is 90.4 cm³/mol. The molecule has 0 aliphatic heterocycles. The van der Waals surface area contributed by atoms with Crippen molar-refractivity contribution in [3.63, 3.8) is 0 Å². The van der Waals surface area contributed by atoms with E-state index in [4.69, 9.17) is 9.47 Å². The van der Waals surface area contributed by atoms with Crippen molar-refractivity contribution in [1.82, 2.24) is 4.98 Å². The van der Waals surface area contributed by atoms with Crippen LogP contribution in [-0.2, 0) is 11.2 Å². The summed E-state index contributed by atoms with van der Waals surface area (Å²) < 4.78 is 10.7. The summed E-state index contributed by atoms with van der Waals surface area (Å²) in [5.74, 6) is 0.661. The molecule has 1 atom stereocenters. The van der Waals surface area contributed by atoms with E-state index in [-0.39, 0.29) is 6.10 Å². The van der Waals surface area contributed by atoms with E-state index in [1.165, 1.54) is 22.3 Å². The van der Waals surface area contributed by atoms with Gasteiger partial charge in [0, 0.05) is 24.4 Å². The monoisotopic (exact) mass is 299 g/mol. The Bertz CT molecular complexity index is 637. The van der Waals surface area contributed by atoms with Gasteiger partial charge in [-0.25, -0.2) is 4.98 Å². The quantitative estimate of drug-likeness (QED) is 0.821. The van der Waals surface area contributed by atoms with Gasteiger partial charge < -0.3 is 9.47 Å². The van der Waals surface area contributed by atoms with Crippen molar-refractivity contribution in [3.8, 4) is 17.0 Å². The van der Waals surface area contributed by atoms with Crippen molar-refractivity contribution in [2.75, 3.05) is 14.2 Å². The van der Waals surface area contributed by atoms with Crippen LogP contribution in [0.3, 0.4) is 0 Å². The molecular weight excluding hydrogens is 274 g/mol. The summed E-state index contributed by atoms with van der Waals surface area (Å²) in [6.45, 7) is 6.03. The second-order valence-electron chi connectivity index (χ2n) is 5.12. The Balaban J connectivity index is 0.000000847. The second-order valence-corrected chi connectivity index (χ2v) is 5.12. The average molecular weight is 299 g/mol. The van der Waals surface area contributed by atoms with Crippen LogP contribution in [0.5, 0.6) is 5.88 Å². The maximum atomic E-state index is 5.56. The second kappa shape index (κ2) is 7.41. The Kier molecular flexibility index (Phi) is 5.56. The largest absolute Gasteiger partial charge is 0.481 e. The fraction of sp³-hybridized carbons (Fsp3) is 0.421. The van der Waals surface area contributed by atoms with E-state index in [1.807, 2.05) is 26.8 Å². The van der Waals surface area contributed by atoms with Crippen LogP contribution in [0, 0.1) is 6.92 Å². The van der Waals surface area contributed by atoms with E-state index < -0.39 is 0 Å². The molecule has 1 unspecified atom stereocenters. The van der Waals surface area contributed by atoms with E-state index in [9.17, 15) is 0 Å². The zero-order chi connectivity index (χ0) is 16.1. The van der Waals surface area contributed by atoms with Crippen molar-refractivity contribution >= 4 is 0 Å². The minimum atomic E-state index is 0.233. The molecule has 0 amide bonds. The maximum Gasteiger partial charge on any atom is 0.213 e. The van der Waals surface area contributed by atoms with Crippen LogP contribution >= 0.6 is 0 Å². The molecule has 1 aliphatic rings. The topological polar surface area (TPSA) is 31.4 Å². The highest BCUT2D eigenvalue weighted by atomic mass is 16.5. The molecule has 0 saturated heterocycles. The Morgan fingerprint density at radius 2 is 1.82 bits per heavy atom. The number of methoxy groups -OCH3 is 2. The Labute approximate surface area is 133 Å². The summed E-state index contributed by atoms with van der Waals surface area (Å²) in [7, 11) is 3.43. The normalized spacial score (nSPS) is 15.8. The lowest BCUT2D eigenvalue weighted by Crippen LogP contribution is -1.97. The molecule has 2 aromatic rings. The van der Waals surface area contributed by atoms with Gasteiger partial charge in [0.05, 0.1) is 13.2 Å². The van der Waals surface area contributed by atoms with Crippen LogP contribution < -0.4 is 4.74 Å². The van der Waals surface area contributed by atoms with Gasteiger partial charge in [-0.1, -0.05) is 32.0 Å². The maximum absolute atomic E-state index is 5.56. The highest BCUT2D eigenvalue weighted by Gasteiger charge is 2.25. The van der Waals surface area contributed by atoms with Crippen LogP contribution in [0.1, 0.15) is 43.2 Å². The van der Waals surface area contributed by atoms with Gasteiger partial charge in [-0.15, -0.1) is 0 Å². The van der Waals surface area contributed by atoms with Crippen molar-refractivity contribution < 1.29 is 9.47 Å². The zero-order valence-electron chi connectivity index (χ0n) is 14.1. The Morgan fingerprint density at radius 3 is 2.45 bits per heavy atom. The van der Waals surface area contributed by atoms with Crippen molar-refractivity contribution in [2.24, 2.45) is 0 Å². The molecule has 3 heteroatoms. The van der Waals surface area contributed by atoms with Crippen molar-refractivity contribution in [3.05, 3.63) is 47.2 Å². The van der Waals surface area contributed by atoms with Gasteiger partial charge in [-0.05, 0) is 42.5 Å². The standard InChI is InChI=1S/C17H19NO2.C2H6/c1-11-12(8-10-17(18-11)20-3)13-5-4-6-15-14(13)7-9-16(15)19-2;1-2/h4-6,8,10,16H,7,9H2,1-3H3;1-2H3. The lowest BCUT2D eigenvalue weighted by Gasteiger charge is -2.13. The Hall–Kier alpha value is -1.87. The number of aromatic nitrogens is 1. The predicted octanol–water partition coefficient (Wildman–Crippen LogP) is 4.73. The number of nitrogens with zero attached hydrogens (tertiary/aromatic N) is 1. The SMILES string of the molecule is CC.COc1ccc(-c2cccc3c2CCC3OC)c(C)n1.